The van der Waals surface area contributed by atoms with Gasteiger partial charge in [0.2, 0.25) is 0 Å². The molecule has 0 unspecified atom stereocenters. The first-order valence-corrected chi connectivity index (χ1v) is 5.66. The summed E-state index contributed by atoms with van der Waals surface area (Å²) in [7, 11) is 0. The van der Waals surface area contributed by atoms with Gasteiger partial charge in [0, 0.05) is 8.90 Å². The first-order valence-electron chi connectivity index (χ1n) is 3.46. The molecule has 0 atom stereocenters. The lowest BCUT2D eigenvalue weighted by atomic mass is 10.1. The molecule has 0 aliphatic heterocycles. The Morgan fingerprint density at radius 2 is 2.00 bits per heavy atom. The van der Waals surface area contributed by atoms with E-state index >= 15 is 0 Å². The van der Waals surface area contributed by atoms with Gasteiger partial charge in [-0.15, -0.1) is 0 Å². The van der Waals surface area contributed by atoms with Crippen molar-refractivity contribution in [1.82, 2.24) is 0 Å². The molecule has 0 aliphatic carbocycles. The summed E-state index contributed by atoms with van der Waals surface area (Å²) < 4.78 is 1.36. The van der Waals surface area contributed by atoms with Crippen molar-refractivity contribution in [2.45, 2.75) is 19.2 Å². The molecule has 0 saturated heterocycles. The molecule has 11 heavy (non-hydrogen) atoms. The van der Waals surface area contributed by atoms with Gasteiger partial charge in [0.1, 0.15) is 0 Å². The maximum atomic E-state index is 3.48. The van der Waals surface area contributed by atoms with Crippen LogP contribution in [0.3, 0.4) is 0 Å². The van der Waals surface area contributed by atoms with E-state index in [1.54, 1.807) is 0 Å². The highest BCUT2D eigenvalue weighted by molar-refractivity contribution is 14.1. The highest BCUT2D eigenvalue weighted by Crippen LogP contribution is 2.20. The lowest BCUT2D eigenvalue weighted by Gasteiger charge is -2.05. The fourth-order valence-electron chi connectivity index (χ4n) is 1.11. The third-order valence-corrected chi connectivity index (χ3v) is 3.22. The fourth-order valence-corrected chi connectivity index (χ4v) is 3.49. The van der Waals surface area contributed by atoms with E-state index in [9.17, 15) is 0 Å². The van der Waals surface area contributed by atoms with E-state index in [4.69, 9.17) is 0 Å². The molecule has 0 heterocycles. The Kier molecular flexibility index (Phi) is 3.37. The lowest BCUT2D eigenvalue weighted by Crippen LogP contribution is -1.90. The predicted molar refractivity (Wildman–Crippen MR) is 61.3 cm³/mol. The molecule has 60 valence electrons. The third kappa shape index (κ3) is 2.18. The average Bonchev–Trinajstić information content (AvgIpc) is 1.85. The van der Waals surface area contributed by atoms with Gasteiger partial charge in [-0.3, -0.25) is 0 Å². The Morgan fingerprint density at radius 1 is 1.36 bits per heavy atom. The van der Waals surface area contributed by atoms with Gasteiger partial charge in [-0.2, -0.15) is 0 Å². The second kappa shape index (κ2) is 3.90. The largest absolute Gasteiger partial charge is 0.0876 e. The summed E-state index contributed by atoms with van der Waals surface area (Å²) in [5.41, 5.74) is 4.14. The Hall–Kier alpha value is 0.430. The zero-order valence-corrected chi connectivity index (χ0v) is 10.4. The van der Waals surface area contributed by atoms with Crippen molar-refractivity contribution in [3.8, 4) is 0 Å². The van der Waals surface area contributed by atoms with Crippen molar-refractivity contribution < 1.29 is 0 Å². The van der Waals surface area contributed by atoms with Crippen LogP contribution in [0.1, 0.15) is 16.7 Å². The van der Waals surface area contributed by atoms with E-state index in [1.165, 1.54) is 20.3 Å². The maximum absolute atomic E-state index is 3.48. The molecule has 0 saturated carbocycles. The number of hydrogen-bond acceptors (Lipinski definition) is 0. The first kappa shape index (κ1) is 9.52. The van der Waals surface area contributed by atoms with E-state index < -0.39 is 0 Å². The molecule has 1 rings (SSSR count). The quantitative estimate of drug-likeness (QED) is 0.544. The van der Waals surface area contributed by atoms with Crippen molar-refractivity contribution in [3.05, 3.63) is 32.4 Å². The standard InChI is InChI=1S/C9H10BrI/c1-6-3-7(2)8(5-10)9(11)4-6/h3-4H,5H2,1-2H3. The van der Waals surface area contributed by atoms with Crippen molar-refractivity contribution in [2.24, 2.45) is 0 Å². The van der Waals surface area contributed by atoms with Crippen LogP contribution in [0.5, 0.6) is 0 Å². The van der Waals surface area contributed by atoms with Crippen LogP contribution in [0, 0.1) is 17.4 Å². The molecule has 2 heteroatoms. The van der Waals surface area contributed by atoms with Crippen molar-refractivity contribution in [3.63, 3.8) is 0 Å². The van der Waals surface area contributed by atoms with Gasteiger partial charge in [0.15, 0.2) is 0 Å². The van der Waals surface area contributed by atoms with Crippen molar-refractivity contribution in [1.29, 1.82) is 0 Å². The molecule has 1 aromatic rings. The molecule has 0 radical (unpaired) electrons. The fraction of sp³-hybridized carbons (Fsp3) is 0.333. The van der Waals surface area contributed by atoms with E-state index in [0.717, 1.165) is 5.33 Å². The summed E-state index contributed by atoms with van der Waals surface area (Å²) in [6, 6.07) is 4.43. The van der Waals surface area contributed by atoms with Gasteiger partial charge in [-0.1, -0.05) is 22.0 Å². The highest BCUT2D eigenvalue weighted by Gasteiger charge is 2.01. The number of rotatable bonds is 1. The summed E-state index contributed by atoms with van der Waals surface area (Å²) in [5, 5.41) is 0.956. The molecule has 0 bridgehead atoms. The zero-order chi connectivity index (χ0) is 8.43. The molecular weight excluding hydrogens is 315 g/mol. The SMILES string of the molecule is Cc1cc(C)c(CBr)c(I)c1. The number of benzene rings is 1. The van der Waals surface area contributed by atoms with Gasteiger partial charge in [-0.05, 0) is 59.2 Å². The topological polar surface area (TPSA) is 0 Å². The third-order valence-electron chi connectivity index (χ3n) is 1.70. The van der Waals surface area contributed by atoms with Crippen LogP contribution in [0.25, 0.3) is 0 Å². The Balaban J connectivity index is 3.25. The van der Waals surface area contributed by atoms with Crippen LogP contribution >= 0.6 is 38.5 Å². The predicted octanol–water partition coefficient (Wildman–Crippen LogP) is 3.80. The molecule has 0 aromatic heterocycles. The minimum Gasteiger partial charge on any atom is -0.0876 e. The van der Waals surface area contributed by atoms with Crippen LogP contribution in [0.2, 0.25) is 0 Å². The molecule has 0 fully saturated rings. The van der Waals surface area contributed by atoms with E-state index in [-0.39, 0.29) is 0 Å². The van der Waals surface area contributed by atoms with Crippen molar-refractivity contribution >= 4 is 38.5 Å². The van der Waals surface area contributed by atoms with Crippen LogP contribution in [-0.4, -0.2) is 0 Å². The number of alkyl halides is 1. The summed E-state index contributed by atoms with van der Waals surface area (Å²) in [5.74, 6) is 0. The molecule has 0 nitrogen and oxygen atoms in total. The second-order valence-electron chi connectivity index (χ2n) is 2.68. The molecule has 0 spiro atoms. The summed E-state index contributed by atoms with van der Waals surface area (Å²) >= 11 is 5.86. The van der Waals surface area contributed by atoms with Crippen LogP contribution in [0.15, 0.2) is 12.1 Å². The molecular formula is C9H10BrI. The zero-order valence-electron chi connectivity index (χ0n) is 6.62. The average molecular weight is 325 g/mol. The van der Waals surface area contributed by atoms with Crippen LogP contribution in [-0.2, 0) is 5.33 Å². The monoisotopic (exact) mass is 324 g/mol. The van der Waals surface area contributed by atoms with E-state index in [2.05, 4.69) is 64.5 Å². The van der Waals surface area contributed by atoms with Gasteiger partial charge in [0.05, 0.1) is 0 Å². The number of hydrogen-bond donors (Lipinski definition) is 0. The highest BCUT2D eigenvalue weighted by atomic mass is 127. The Bertz CT molecular complexity index is 245. The van der Waals surface area contributed by atoms with Gasteiger partial charge < -0.3 is 0 Å². The van der Waals surface area contributed by atoms with Gasteiger partial charge in [0.25, 0.3) is 0 Å². The van der Waals surface area contributed by atoms with Crippen LogP contribution in [0.4, 0.5) is 0 Å². The normalized spacial score (nSPS) is 10.2. The van der Waals surface area contributed by atoms with Crippen molar-refractivity contribution in [2.75, 3.05) is 0 Å². The van der Waals surface area contributed by atoms with E-state index in [0.29, 0.717) is 0 Å². The van der Waals surface area contributed by atoms with E-state index in [1.807, 2.05) is 0 Å². The number of halogens is 2. The maximum Gasteiger partial charge on any atom is 0.0296 e. The Labute approximate surface area is 89.7 Å². The summed E-state index contributed by atoms with van der Waals surface area (Å²) in [6.07, 6.45) is 0. The molecule has 0 amide bonds. The Morgan fingerprint density at radius 3 is 2.45 bits per heavy atom. The lowest BCUT2D eigenvalue weighted by molar-refractivity contribution is 1.26. The summed E-state index contributed by atoms with van der Waals surface area (Å²) in [4.78, 5) is 0. The molecule has 1 aromatic carbocycles. The van der Waals surface area contributed by atoms with Gasteiger partial charge in [-0.25, -0.2) is 0 Å². The number of aryl methyl sites for hydroxylation is 2. The smallest absolute Gasteiger partial charge is 0.0296 e. The van der Waals surface area contributed by atoms with Crippen LogP contribution < -0.4 is 0 Å². The molecule has 0 aliphatic rings. The minimum atomic E-state index is 0.956. The first-order chi connectivity index (χ1) is 5.15. The molecule has 0 N–H and O–H groups in total. The minimum absolute atomic E-state index is 0.956. The van der Waals surface area contributed by atoms with Gasteiger partial charge >= 0.3 is 0 Å². The second-order valence-corrected chi connectivity index (χ2v) is 4.40. The summed E-state index contributed by atoms with van der Waals surface area (Å²) in [6.45, 7) is 4.29.